The van der Waals surface area contributed by atoms with Gasteiger partial charge in [-0.1, -0.05) is 54.1 Å². The molecule has 114 valence electrons. The number of anilines is 1. The van der Waals surface area contributed by atoms with Crippen LogP contribution >= 0.6 is 34.8 Å². The molecule has 1 aromatic rings. The third-order valence-electron chi connectivity index (χ3n) is 3.39. The predicted molar refractivity (Wildman–Crippen MR) is 86.2 cm³/mol. The highest BCUT2D eigenvalue weighted by molar-refractivity contribution is 6.46. The second-order valence-electron chi connectivity index (χ2n) is 4.91. The Balaban J connectivity index is 2.05. The summed E-state index contributed by atoms with van der Waals surface area (Å²) in [4.78, 5) is 15.8. The molecule has 1 amide bonds. The molecule has 0 aliphatic heterocycles. The summed E-state index contributed by atoms with van der Waals surface area (Å²) >= 11 is 17.5. The van der Waals surface area contributed by atoms with E-state index < -0.39 is 5.91 Å². The SMILES string of the molecule is Nc1c(Cl)c(Cl)nc(C(=O)N/N=C\C2CCCCC2)c1Cl. The van der Waals surface area contributed by atoms with E-state index in [1.54, 1.807) is 6.21 Å². The van der Waals surface area contributed by atoms with Crippen LogP contribution in [0, 0.1) is 5.92 Å². The number of carbonyl (C=O) groups is 1. The van der Waals surface area contributed by atoms with Gasteiger partial charge in [-0.05, 0) is 18.8 Å². The molecule has 1 aliphatic rings. The van der Waals surface area contributed by atoms with Crippen LogP contribution < -0.4 is 11.2 Å². The summed E-state index contributed by atoms with van der Waals surface area (Å²) in [5.41, 5.74) is 7.98. The minimum Gasteiger partial charge on any atom is -0.396 e. The summed E-state index contributed by atoms with van der Waals surface area (Å²) in [5.74, 6) is -0.168. The first-order valence-electron chi connectivity index (χ1n) is 6.64. The fraction of sp³-hybridized carbons (Fsp3) is 0.462. The number of pyridine rings is 1. The van der Waals surface area contributed by atoms with E-state index in [4.69, 9.17) is 40.5 Å². The summed E-state index contributed by atoms with van der Waals surface area (Å²) < 4.78 is 0. The van der Waals surface area contributed by atoms with E-state index in [-0.39, 0.29) is 26.6 Å². The minimum absolute atomic E-state index is 0.0275. The van der Waals surface area contributed by atoms with Crippen LogP contribution in [0.15, 0.2) is 5.10 Å². The van der Waals surface area contributed by atoms with Crippen LogP contribution in [0.1, 0.15) is 42.6 Å². The Hall–Kier alpha value is -1.04. The first kappa shape index (κ1) is 16.3. The van der Waals surface area contributed by atoms with Crippen molar-refractivity contribution < 1.29 is 4.79 Å². The maximum Gasteiger partial charge on any atom is 0.291 e. The Morgan fingerprint density at radius 2 is 1.90 bits per heavy atom. The maximum atomic E-state index is 12.0. The van der Waals surface area contributed by atoms with Gasteiger partial charge >= 0.3 is 0 Å². The molecule has 0 unspecified atom stereocenters. The number of hydrogen-bond acceptors (Lipinski definition) is 4. The van der Waals surface area contributed by atoms with Crippen LogP contribution in [0.2, 0.25) is 15.2 Å². The second kappa shape index (κ2) is 7.29. The van der Waals surface area contributed by atoms with Crippen molar-refractivity contribution in [2.24, 2.45) is 11.0 Å². The van der Waals surface area contributed by atoms with Crippen molar-refractivity contribution in [3.63, 3.8) is 0 Å². The number of aromatic nitrogens is 1. The topological polar surface area (TPSA) is 80.4 Å². The average Bonchev–Trinajstić information content (AvgIpc) is 2.49. The molecule has 0 aromatic carbocycles. The number of nitrogens with one attached hydrogen (secondary N) is 1. The number of hydrazone groups is 1. The molecule has 5 nitrogen and oxygen atoms in total. The Bertz CT molecular complexity index is 571. The van der Waals surface area contributed by atoms with Crippen molar-refractivity contribution in [1.29, 1.82) is 0 Å². The number of amides is 1. The van der Waals surface area contributed by atoms with Gasteiger partial charge in [0, 0.05) is 6.21 Å². The first-order chi connectivity index (χ1) is 10.0. The van der Waals surface area contributed by atoms with E-state index in [1.165, 1.54) is 19.3 Å². The fourth-order valence-corrected chi connectivity index (χ4v) is 2.81. The van der Waals surface area contributed by atoms with Gasteiger partial charge in [-0.25, -0.2) is 10.4 Å². The highest BCUT2D eigenvalue weighted by atomic mass is 35.5. The van der Waals surface area contributed by atoms with Gasteiger partial charge < -0.3 is 5.73 Å². The van der Waals surface area contributed by atoms with E-state index in [9.17, 15) is 4.79 Å². The highest BCUT2D eigenvalue weighted by Gasteiger charge is 2.19. The summed E-state index contributed by atoms with van der Waals surface area (Å²) in [6, 6.07) is 0. The molecule has 1 saturated carbocycles. The van der Waals surface area contributed by atoms with Crippen LogP contribution in [-0.2, 0) is 0 Å². The van der Waals surface area contributed by atoms with Gasteiger partial charge in [0.1, 0.15) is 5.02 Å². The largest absolute Gasteiger partial charge is 0.396 e. The molecule has 0 saturated heterocycles. The van der Waals surface area contributed by atoms with Crippen LogP contribution in [0.5, 0.6) is 0 Å². The lowest BCUT2D eigenvalue weighted by molar-refractivity contribution is 0.0950. The van der Waals surface area contributed by atoms with Gasteiger partial charge in [-0.2, -0.15) is 5.10 Å². The van der Waals surface area contributed by atoms with Crippen molar-refractivity contribution >= 4 is 52.6 Å². The van der Waals surface area contributed by atoms with Gasteiger partial charge in [0.05, 0.1) is 10.7 Å². The minimum atomic E-state index is -0.572. The standard InChI is InChI=1S/C13H15Cl3N4O/c14-8-10(17)9(15)12(16)19-11(8)13(21)20-18-6-7-4-2-1-3-5-7/h6-7H,1-5H2,(H2,17,19)(H,20,21)/b18-6-. The fourth-order valence-electron chi connectivity index (χ4n) is 2.22. The quantitative estimate of drug-likeness (QED) is 0.493. The molecular weight excluding hydrogens is 335 g/mol. The van der Waals surface area contributed by atoms with E-state index >= 15 is 0 Å². The molecule has 0 spiro atoms. The first-order valence-corrected chi connectivity index (χ1v) is 7.77. The van der Waals surface area contributed by atoms with E-state index in [0.29, 0.717) is 5.92 Å². The summed E-state index contributed by atoms with van der Waals surface area (Å²) in [6.45, 7) is 0. The lowest BCUT2D eigenvalue weighted by atomic mass is 9.90. The average molecular weight is 350 g/mol. The van der Waals surface area contributed by atoms with E-state index in [1.807, 2.05) is 0 Å². The van der Waals surface area contributed by atoms with Crippen molar-refractivity contribution in [1.82, 2.24) is 10.4 Å². The smallest absolute Gasteiger partial charge is 0.291 e. The molecule has 0 bridgehead atoms. The number of rotatable bonds is 3. The molecule has 0 radical (unpaired) electrons. The lowest BCUT2D eigenvalue weighted by Crippen LogP contribution is -2.21. The number of halogens is 3. The van der Waals surface area contributed by atoms with Gasteiger partial charge in [0.25, 0.3) is 5.91 Å². The molecule has 8 heteroatoms. The zero-order chi connectivity index (χ0) is 15.4. The van der Waals surface area contributed by atoms with Crippen LogP contribution in [0.4, 0.5) is 5.69 Å². The number of hydrogen-bond donors (Lipinski definition) is 2. The second-order valence-corrected chi connectivity index (χ2v) is 6.02. The van der Waals surface area contributed by atoms with E-state index in [2.05, 4.69) is 15.5 Å². The van der Waals surface area contributed by atoms with Crippen molar-refractivity contribution in [2.75, 3.05) is 5.73 Å². The summed E-state index contributed by atoms with van der Waals surface area (Å²) in [7, 11) is 0. The zero-order valence-electron chi connectivity index (χ0n) is 11.2. The number of nitrogens with zero attached hydrogens (tertiary/aromatic N) is 2. The normalized spacial score (nSPS) is 16.3. The Morgan fingerprint density at radius 3 is 2.57 bits per heavy atom. The Kier molecular flexibility index (Phi) is 5.67. The van der Waals surface area contributed by atoms with Gasteiger partial charge in [0.15, 0.2) is 10.8 Å². The summed E-state index contributed by atoms with van der Waals surface area (Å²) in [5, 5.41) is 3.88. The third-order valence-corrected chi connectivity index (χ3v) is 4.52. The molecule has 1 aromatic heterocycles. The van der Waals surface area contributed by atoms with Crippen LogP contribution in [0.25, 0.3) is 0 Å². The molecule has 1 aliphatic carbocycles. The van der Waals surface area contributed by atoms with Crippen molar-refractivity contribution in [2.45, 2.75) is 32.1 Å². The molecular formula is C13H15Cl3N4O. The monoisotopic (exact) mass is 348 g/mol. The Labute approximate surface area is 137 Å². The highest BCUT2D eigenvalue weighted by Crippen LogP contribution is 2.34. The van der Waals surface area contributed by atoms with Gasteiger partial charge in [0.2, 0.25) is 0 Å². The lowest BCUT2D eigenvalue weighted by Gasteiger charge is -2.16. The molecule has 2 rings (SSSR count). The van der Waals surface area contributed by atoms with Crippen molar-refractivity contribution in [3.05, 3.63) is 20.9 Å². The predicted octanol–water partition coefficient (Wildman–Crippen LogP) is 3.92. The van der Waals surface area contributed by atoms with Crippen molar-refractivity contribution in [3.8, 4) is 0 Å². The molecule has 1 heterocycles. The van der Waals surface area contributed by atoms with Crippen LogP contribution in [-0.4, -0.2) is 17.1 Å². The Morgan fingerprint density at radius 1 is 1.24 bits per heavy atom. The van der Waals surface area contributed by atoms with Gasteiger partial charge in [-0.3, -0.25) is 4.79 Å². The zero-order valence-corrected chi connectivity index (χ0v) is 13.5. The van der Waals surface area contributed by atoms with Gasteiger partial charge in [-0.15, -0.1) is 0 Å². The summed E-state index contributed by atoms with van der Waals surface area (Å²) in [6.07, 6.45) is 7.60. The number of nitrogens with two attached hydrogens (primary N) is 1. The molecule has 21 heavy (non-hydrogen) atoms. The molecule has 3 N–H and O–H groups in total. The number of carbonyl (C=O) groups excluding carboxylic acids is 1. The van der Waals surface area contributed by atoms with Crippen LogP contribution in [0.3, 0.4) is 0 Å². The number of nitrogen functional groups attached to an aromatic ring is 1. The van der Waals surface area contributed by atoms with E-state index in [0.717, 1.165) is 12.8 Å². The molecule has 1 fully saturated rings. The maximum absolute atomic E-state index is 12.0. The third kappa shape index (κ3) is 3.99. The molecule has 0 atom stereocenters.